The second-order valence-electron chi connectivity index (χ2n) is 3.90. The van der Waals surface area contributed by atoms with E-state index >= 15 is 0 Å². The highest BCUT2D eigenvalue weighted by molar-refractivity contribution is 7.16. The van der Waals surface area contributed by atoms with Crippen LogP contribution in [0, 0.1) is 0 Å². The Balaban J connectivity index is 1.91. The van der Waals surface area contributed by atoms with Gasteiger partial charge in [0.05, 0.1) is 22.3 Å². The van der Waals surface area contributed by atoms with E-state index in [0.717, 1.165) is 4.88 Å². The molecule has 0 aliphatic carbocycles. The maximum atomic E-state index is 11.8. The summed E-state index contributed by atoms with van der Waals surface area (Å²) in [7, 11) is 0. The van der Waals surface area contributed by atoms with E-state index in [2.05, 4.69) is 10.4 Å². The topological polar surface area (TPSA) is 72.9 Å². The fourth-order valence-electron chi connectivity index (χ4n) is 1.53. The molecule has 3 N–H and O–H groups in total. The number of thiophene rings is 1. The van der Waals surface area contributed by atoms with Gasteiger partial charge in [-0.3, -0.25) is 9.48 Å². The van der Waals surface area contributed by atoms with Gasteiger partial charge in [-0.05, 0) is 19.1 Å². The number of hydrogen-bond acceptors (Lipinski definition) is 4. The van der Waals surface area contributed by atoms with Crippen molar-refractivity contribution in [2.24, 2.45) is 0 Å². The molecule has 7 heteroatoms. The van der Waals surface area contributed by atoms with Crippen LogP contribution in [0.15, 0.2) is 24.5 Å². The number of carbonyl (C=O) groups excluding carboxylic acids is 1. The highest BCUT2D eigenvalue weighted by Crippen LogP contribution is 2.26. The summed E-state index contributed by atoms with van der Waals surface area (Å²) in [5, 5.41) is 6.83. The Morgan fingerprint density at radius 2 is 2.44 bits per heavy atom. The SMILES string of the molecule is CC(NC(=O)Cn1cc(N)cn1)c1ccc(Cl)s1. The summed E-state index contributed by atoms with van der Waals surface area (Å²) in [4.78, 5) is 12.8. The van der Waals surface area contributed by atoms with Crippen LogP contribution in [0.1, 0.15) is 17.8 Å². The van der Waals surface area contributed by atoms with E-state index in [4.69, 9.17) is 17.3 Å². The fraction of sp³-hybridized carbons (Fsp3) is 0.273. The lowest BCUT2D eigenvalue weighted by Crippen LogP contribution is -2.29. The van der Waals surface area contributed by atoms with E-state index in [1.54, 1.807) is 6.20 Å². The van der Waals surface area contributed by atoms with E-state index in [0.29, 0.717) is 10.0 Å². The summed E-state index contributed by atoms with van der Waals surface area (Å²) in [6.07, 6.45) is 3.13. The Labute approximate surface area is 114 Å². The van der Waals surface area contributed by atoms with Crippen molar-refractivity contribution in [3.8, 4) is 0 Å². The fourth-order valence-corrected chi connectivity index (χ4v) is 2.60. The molecule has 2 rings (SSSR count). The van der Waals surface area contributed by atoms with Crippen LogP contribution in [-0.2, 0) is 11.3 Å². The first kappa shape index (κ1) is 12.9. The first-order valence-electron chi connectivity index (χ1n) is 5.37. The minimum absolute atomic E-state index is 0.0668. The second kappa shape index (κ2) is 5.41. The zero-order valence-corrected chi connectivity index (χ0v) is 11.3. The summed E-state index contributed by atoms with van der Waals surface area (Å²) in [5.41, 5.74) is 6.06. The van der Waals surface area contributed by atoms with Crippen molar-refractivity contribution in [3.63, 3.8) is 0 Å². The van der Waals surface area contributed by atoms with Crippen LogP contribution in [0.2, 0.25) is 4.34 Å². The van der Waals surface area contributed by atoms with Crippen molar-refractivity contribution in [1.29, 1.82) is 0 Å². The Hall–Kier alpha value is -1.53. The minimum atomic E-state index is -0.116. The molecule has 0 fully saturated rings. The number of aromatic nitrogens is 2. The Morgan fingerprint density at radius 1 is 1.67 bits per heavy atom. The predicted octanol–water partition coefficient (Wildman–Crippen LogP) is 2.06. The van der Waals surface area contributed by atoms with Gasteiger partial charge < -0.3 is 11.1 Å². The minimum Gasteiger partial charge on any atom is -0.396 e. The number of anilines is 1. The van der Waals surface area contributed by atoms with E-state index in [-0.39, 0.29) is 18.5 Å². The average Bonchev–Trinajstić information content (AvgIpc) is 2.87. The van der Waals surface area contributed by atoms with Crippen LogP contribution in [0.25, 0.3) is 0 Å². The number of nitrogens with one attached hydrogen (secondary N) is 1. The van der Waals surface area contributed by atoms with Gasteiger partial charge in [-0.2, -0.15) is 5.10 Å². The van der Waals surface area contributed by atoms with Gasteiger partial charge in [-0.15, -0.1) is 11.3 Å². The van der Waals surface area contributed by atoms with Gasteiger partial charge in [0.1, 0.15) is 6.54 Å². The van der Waals surface area contributed by atoms with Crippen molar-refractivity contribution in [3.05, 3.63) is 33.7 Å². The standard InChI is InChI=1S/C11H13ClN4OS/c1-7(9-2-3-10(12)18-9)15-11(17)6-16-5-8(13)4-14-16/h2-5,7H,6,13H2,1H3,(H,15,17). The van der Waals surface area contributed by atoms with Gasteiger partial charge in [-0.1, -0.05) is 11.6 Å². The lowest BCUT2D eigenvalue weighted by atomic mass is 10.3. The van der Waals surface area contributed by atoms with Crippen LogP contribution in [0.5, 0.6) is 0 Å². The molecule has 2 aromatic heterocycles. The quantitative estimate of drug-likeness (QED) is 0.902. The largest absolute Gasteiger partial charge is 0.396 e. The molecule has 0 aliphatic heterocycles. The Bertz CT molecular complexity index is 551. The zero-order valence-electron chi connectivity index (χ0n) is 9.76. The van der Waals surface area contributed by atoms with Crippen LogP contribution >= 0.6 is 22.9 Å². The first-order valence-corrected chi connectivity index (χ1v) is 6.56. The van der Waals surface area contributed by atoms with Crippen LogP contribution in [0.3, 0.4) is 0 Å². The van der Waals surface area contributed by atoms with E-state index < -0.39 is 0 Å². The van der Waals surface area contributed by atoms with E-state index in [1.165, 1.54) is 22.2 Å². The molecule has 5 nitrogen and oxygen atoms in total. The van der Waals surface area contributed by atoms with Crippen LogP contribution < -0.4 is 11.1 Å². The van der Waals surface area contributed by atoms with Gasteiger partial charge in [0.25, 0.3) is 0 Å². The molecule has 96 valence electrons. The predicted molar refractivity (Wildman–Crippen MR) is 72.5 cm³/mol. The van der Waals surface area contributed by atoms with Crippen LogP contribution in [0.4, 0.5) is 5.69 Å². The molecular formula is C11H13ClN4OS. The lowest BCUT2D eigenvalue weighted by molar-refractivity contribution is -0.122. The van der Waals surface area contributed by atoms with Crippen molar-refractivity contribution >= 4 is 34.5 Å². The third kappa shape index (κ3) is 3.24. The summed E-state index contributed by atoms with van der Waals surface area (Å²) in [6, 6.07) is 3.66. The number of amides is 1. The first-order chi connectivity index (χ1) is 8.54. The summed E-state index contributed by atoms with van der Waals surface area (Å²) < 4.78 is 2.21. The molecule has 0 spiro atoms. The van der Waals surface area contributed by atoms with Crippen molar-refractivity contribution in [2.75, 3.05) is 5.73 Å². The van der Waals surface area contributed by atoms with Crippen molar-refractivity contribution < 1.29 is 4.79 Å². The van der Waals surface area contributed by atoms with E-state index in [1.807, 2.05) is 19.1 Å². The number of nitrogens with two attached hydrogens (primary N) is 1. The Kier molecular flexibility index (Phi) is 3.88. The molecule has 0 aromatic carbocycles. The normalized spacial score (nSPS) is 12.3. The Morgan fingerprint density at radius 3 is 3.00 bits per heavy atom. The molecule has 0 saturated carbocycles. The molecule has 18 heavy (non-hydrogen) atoms. The van der Waals surface area contributed by atoms with Gasteiger partial charge >= 0.3 is 0 Å². The summed E-state index contributed by atoms with van der Waals surface area (Å²) in [6.45, 7) is 2.07. The van der Waals surface area contributed by atoms with Gasteiger partial charge in [0.15, 0.2) is 0 Å². The third-order valence-corrected chi connectivity index (χ3v) is 3.77. The molecule has 2 aromatic rings. The van der Waals surface area contributed by atoms with Gasteiger partial charge in [0.2, 0.25) is 5.91 Å². The highest BCUT2D eigenvalue weighted by atomic mass is 35.5. The highest BCUT2D eigenvalue weighted by Gasteiger charge is 2.12. The van der Waals surface area contributed by atoms with Gasteiger partial charge in [-0.25, -0.2) is 0 Å². The molecule has 0 bridgehead atoms. The lowest BCUT2D eigenvalue weighted by Gasteiger charge is -2.11. The third-order valence-electron chi connectivity index (χ3n) is 2.36. The average molecular weight is 285 g/mol. The molecule has 2 heterocycles. The molecule has 1 atom stereocenters. The molecule has 0 radical (unpaired) electrons. The molecule has 0 saturated heterocycles. The monoisotopic (exact) mass is 284 g/mol. The van der Waals surface area contributed by atoms with Crippen LogP contribution in [-0.4, -0.2) is 15.7 Å². The zero-order chi connectivity index (χ0) is 13.1. The smallest absolute Gasteiger partial charge is 0.242 e. The molecule has 1 unspecified atom stereocenters. The maximum Gasteiger partial charge on any atom is 0.242 e. The second-order valence-corrected chi connectivity index (χ2v) is 5.65. The van der Waals surface area contributed by atoms with E-state index in [9.17, 15) is 4.79 Å². The van der Waals surface area contributed by atoms with Crippen molar-refractivity contribution in [2.45, 2.75) is 19.5 Å². The van der Waals surface area contributed by atoms with Crippen molar-refractivity contribution in [1.82, 2.24) is 15.1 Å². The number of nitrogen functional groups attached to an aromatic ring is 1. The number of hydrogen-bond donors (Lipinski definition) is 2. The van der Waals surface area contributed by atoms with Gasteiger partial charge in [0, 0.05) is 11.1 Å². The molecule has 1 amide bonds. The number of carbonyl (C=O) groups is 1. The summed E-state index contributed by atoms with van der Waals surface area (Å²) >= 11 is 7.31. The number of rotatable bonds is 4. The molecule has 0 aliphatic rings. The molecular weight excluding hydrogens is 272 g/mol. The number of halogens is 1. The number of nitrogens with zero attached hydrogens (tertiary/aromatic N) is 2. The maximum absolute atomic E-state index is 11.8. The summed E-state index contributed by atoms with van der Waals surface area (Å²) in [5.74, 6) is -0.116.